The molecule has 0 unspecified atom stereocenters. The molecule has 0 radical (unpaired) electrons. The van der Waals surface area contributed by atoms with Gasteiger partial charge < -0.3 is 5.11 Å². The van der Waals surface area contributed by atoms with E-state index in [0.717, 1.165) is 22.3 Å². The van der Waals surface area contributed by atoms with E-state index in [4.69, 9.17) is 0 Å². The first-order valence-electron chi connectivity index (χ1n) is 9.23. The van der Waals surface area contributed by atoms with Gasteiger partial charge in [-0.15, -0.1) is 0 Å². The van der Waals surface area contributed by atoms with Gasteiger partial charge in [-0.1, -0.05) is 121 Å². The Morgan fingerprint density at radius 3 is 1.07 bits per heavy atom. The standard InChI is InChI=1S/C26H22O/c27-26(23-17-9-3-10-18-23,24-19-11-4-12-20-24)25(21-13-5-1-6-14-21)22-15-7-2-8-16-22/h1-20,25,27H. The van der Waals surface area contributed by atoms with Crippen molar-refractivity contribution in [3.05, 3.63) is 144 Å². The third-order valence-corrected chi connectivity index (χ3v) is 5.11. The highest BCUT2D eigenvalue weighted by Crippen LogP contribution is 2.46. The number of benzene rings is 4. The second-order valence-electron chi connectivity index (χ2n) is 6.75. The Hall–Kier alpha value is -3.16. The van der Waals surface area contributed by atoms with E-state index in [-0.39, 0.29) is 5.92 Å². The first-order chi connectivity index (χ1) is 13.3. The van der Waals surface area contributed by atoms with Crippen LogP contribution in [0.4, 0.5) is 0 Å². The van der Waals surface area contributed by atoms with Crippen molar-refractivity contribution in [1.82, 2.24) is 0 Å². The Morgan fingerprint density at radius 2 is 0.741 bits per heavy atom. The molecule has 1 nitrogen and oxygen atoms in total. The van der Waals surface area contributed by atoms with Gasteiger partial charge in [0.25, 0.3) is 0 Å². The zero-order chi connectivity index (χ0) is 18.5. The molecule has 27 heavy (non-hydrogen) atoms. The number of hydrogen-bond acceptors (Lipinski definition) is 1. The monoisotopic (exact) mass is 350 g/mol. The second-order valence-corrected chi connectivity index (χ2v) is 6.75. The lowest BCUT2D eigenvalue weighted by atomic mass is 9.70. The Labute approximate surface area is 160 Å². The first-order valence-corrected chi connectivity index (χ1v) is 9.23. The molecule has 0 saturated carbocycles. The quantitative estimate of drug-likeness (QED) is 0.485. The summed E-state index contributed by atoms with van der Waals surface area (Å²) < 4.78 is 0. The predicted molar refractivity (Wildman–Crippen MR) is 111 cm³/mol. The van der Waals surface area contributed by atoms with Crippen molar-refractivity contribution < 1.29 is 5.11 Å². The molecule has 1 heteroatoms. The molecule has 132 valence electrons. The third-order valence-electron chi connectivity index (χ3n) is 5.11. The molecule has 0 fully saturated rings. The van der Waals surface area contributed by atoms with Crippen LogP contribution < -0.4 is 0 Å². The zero-order valence-electron chi connectivity index (χ0n) is 15.1. The minimum Gasteiger partial charge on any atom is -0.379 e. The molecule has 4 rings (SSSR count). The summed E-state index contributed by atoms with van der Waals surface area (Å²) in [6, 6.07) is 40.4. The molecule has 0 aromatic heterocycles. The third kappa shape index (κ3) is 3.30. The molecule has 1 N–H and O–H groups in total. The lowest BCUT2D eigenvalue weighted by Crippen LogP contribution is -2.35. The number of rotatable bonds is 5. The van der Waals surface area contributed by atoms with Gasteiger partial charge in [-0.2, -0.15) is 0 Å². The van der Waals surface area contributed by atoms with E-state index in [1.807, 2.05) is 97.1 Å². The highest BCUT2D eigenvalue weighted by molar-refractivity contribution is 5.47. The highest BCUT2D eigenvalue weighted by Gasteiger charge is 2.41. The SMILES string of the molecule is OC(c1ccccc1)(c1ccccc1)C(c1ccccc1)c1ccccc1. The van der Waals surface area contributed by atoms with Crippen molar-refractivity contribution in [2.24, 2.45) is 0 Å². The molecule has 0 saturated heterocycles. The van der Waals surface area contributed by atoms with Crippen molar-refractivity contribution in [1.29, 1.82) is 0 Å². The van der Waals surface area contributed by atoms with Gasteiger partial charge in [0, 0.05) is 5.92 Å². The Kier molecular flexibility index (Phi) is 4.86. The summed E-state index contributed by atoms with van der Waals surface area (Å²) in [5.41, 5.74) is 2.74. The molecule has 4 aromatic rings. The van der Waals surface area contributed by atoms with Crippen LogP contribution in [-0.2, 0) is 5.60 Å². The van der Waals surface area contributed by atoms with Crippen molar-refractivity contribution in [3.8, 4) is 0 Å². The average molecular weight is 350 g/mol. The van der Waals surface area contributed by atoms with E-state index in [0.29, 0.717) is 0 Å². The maximum Gasteiger partial charge on any atom is 0.125 e. The van der Waals surface area contributed by atoms with Gasteiger partial charge in [0.1, 0.15) is 5.60 Å². The summed E-state index contributed by atoms with van der Waals surface area (Å²) in [5, 5.41) is 12.3. The van der Waals surface area contributed by atoms with E-state index in [9.17, 15) is 5.11 Å². The fourth-order valence-corrected chi connectivity index (χ4v) is 3.85. The van der Waals surface area contributed by atoms with Crippen molar-refractivity contribution in [2.75, 3.05) is 0 Å². The molecule has 0 aliphatic carbocycles. The first kappa shape index (κ1) is 17.3. The Balaban J connectivity index is 2.01. The summed E-state index contributed by atoms with van der Waals surface area (Å²) in [4.78, 5) is 0. The molecular formula is C26H22O. The fraction of sp³-hybridized carbons (Fsp3) is 0.0769. The van der Waals surface area contributed by atoms with Crippen molar-refractivity contribution in [2.45, 2.75) is 11.5 Å². The molecule has 0 atom stereocenters. The van der Waals surface area contributed by atoms with Crippen LogP contribution in [0, 0.1) is 0 Å². The molecule has 4 aromatic carbocycles. The lowest BCUT2D eigenvalue weighted by molar-refractivity contribution is 0.0625. The van der Waals surface area contributed by atoms with Gasteiger partial charge in [0.05, 0.1) is 0 Å². The minimum atomic E-state index is -1.19. The number of aliphatic hydroxyl groups is 1. The predicted octanol–water partition coefficient (Wildman–Crippen LogP) is 5.75. The summed E-state index contributed by atoms with van der Waals surface area (Å²) in [6.45, 7) is 0. The topological polar surface area (TPSA) is 20.2 Å². The van der Waals surface area contributed by atoms with Gasteiger partial charge in [-0.3, -0.25) is 0 Å². The van der Waals surface area contributed by atoms with Gasteiger partial charge in [0.2, 0.25) is 0 Å². The smallest absolute Gasteiger partial charge is 0.125 e. The largest absolute Gasteiger partial charge is 0.379 e. The van der Waals surface area contributed by atoms with Gasteiger partial charge in [0.15, 0.2) is 0 Å². The Morgan fingerprint density at radius 1 is 0.444 bits per heavy atom. The normalized spacial score (nSPS) is 11.5. The molecule has 0 bridgehead atoms. The van der Waals surface area contributed by atoms with E-state index in [1.54, 1.807) is 0 Å². The lowest BCUT2D eigenvalue weighted by Gasteiger charge is -2.38. The van der Waals surface area contributed by atoms with Crippen molar-refractivity contribution in [3.63, 3.8) is 0 Å². The summed E-state index contributed by atoms with van der Waals surface area (Å²) in [5.74, 6) is -0.232. The maximum atomic E-state index is 12.3. The van der Waals surface area contributed by atoms with E-state index >= 15 is 0 Å². The molecule has 0 aliphatic heterocycles. The maximum absolute atomic E-state index is 12.3. The van der Waals surface area contributed by atoms with Crippen LogP contribution in [0.3, 0.4) is 0 Å². The molecule has 0 amide bonds. The van der Waals surface area contributed by atoms with Crippen LogP contribution in [0.2, 0.25) is 0 Å². The zero-order valence-corrected chi connectivity index (χ0v) is 15.1. The second kappa shape index (κ2) is 7.61. The molecular weight excluding hydrogens is 328 g/mol. The fourth-order valence-electron chi connectivity index (χ4n) is 3.85. The molecule has 0 spiro atoms. The van der Waals surface area contributed by atoms with E-state index < -0.39 is 5.60 Å². The van der Waals surface area contributed by atoms with Gasteiger partial charge in [-0.25, -0.2) is 0 Å². The van der Waals surface area contributed by atoms with E-state index in [2.05, 4.69) is 24.3 Å². The van der Waals surface area contributed by atoms with Crippen molar-refractivity contribution >= 4 is 0 Å². The van der Waals surface area contributed by atoms with Crippen LogP contribution in [0.1, 0.15) is 28.2 Å². The molecule has 0 aliphatic rings. The van der Waals surface area contributed by atoms with Gasteiger partial charge >= 0.3 is 0 Å². The summed E-state index contributed by atoms with van der Waals surface area (Å²) in [6.07, 6.45) is 0. The number of hydrogen-bond donors (Lipinski definition) is 1. The van der Waals surface area contributed by atoms with Crippen LogP contribution in [-0.4, -0.2) is 5.11 Å². The minimum absolute atomic E-state index is 0.232. The van der Waals surface area contributed by atoms with Gasteiger partial charge in [-0.05, 0) is 22.3 Å². The Bertz CT molecular complexity index is 885. The van der Waals surface area contributed by atoms with E-state index in [1.165, 1.54) is 0 Å². The van der Waals surface area contributed by atoms with Crippen LogP contribution in [0.5, 0.6) is 0 Å². The van der Waals surface area contributed by atoms with Crippen LogP contribution >= 0.6 is 0 Å². The van der Waals surface area contributed by atoms with Crippen LogP contribution in [0.25, 0.3) is 0 Å². The average Bonchev–Trinajstić information content (AvgIpc) is 2.76. The summed E-state index contributed by atoms with van der Waals surface area (Å²) in [7, 11) is 0. The van der Waals surface area contributed by atoms with Crippen LogP contribution in [0.15, 0.2) is 121 Å². The molecule has 0 heterocycles. The summed E-state index contributed by atoms with van der Waals surface area (Å²) >= 11 is 0. The highest BCUT2D eigenvalue weighted by atomic mass is 16.3.